The topological polar surface area (TPSA) is 29.5 Å². The highest BCUT2D eigenvalue weighted by Gasteiger charge is 2.25. The van der Waals surface area contributed by atoms with Crippen molar-refractivity contribution < 1.29 is 9.53 Å². The molecule has 90 valence electrons. The molecule has 0 spiro atoms. The Balaban J connectivity index is 2.24. The highest BCUT2D eigenvalue weighted by Crippen LogP contribution is 2.26. The molecule has 1 heterocycles. The summed E-state index contributed by atoms with van der Waals surface area (Å²) in [5, 5.41) is 0. The Morgan fingerprint density at radius 2 is 2.00 bits per heavy atom. The maximum absolute atomic E-state index is 12.0. The van der Waals surface area contributed by atoms with Crippen LogP contribution in [0.5, 0.6) is 0 Å². The number of para-hydroxylation sites is 1. The summed E-state index contributed by atoms with van der Waals surface area (Å²) in [6.45, 7) is 6.18. The summed E-state index contributed by atoms with van der Waals surface area (Å²) < 4.78 is 5.39. The minimum absolute atomic E-state index is 0.297. The Bertz CT molecular complexity index is 458. The molecule has 0 saturated carbocycles. The Morgan fingerprint density at radius 3 is 2.71 bits per heavy atom. The van der Waals surface area contributed by atoms with Crippen LogP contribution in [0.15, 0.2) is 30.3 Å². The lowest BCUT2D eigenvalue weighted by molar-refractivity contribution is 0.0584. The van der Waals surface area contributed by atoms with Gasteiger partial charge in [0, 0.05) is 6.54 Å². The number of hydrogen-bond acceptors (Lipinski definition) is 2. The van der Waals surface area contributed by atoms with Gasteiger partial charge in [-0.3, -0.25) is 4.90 Å². The fourth-order valence-corrected chi connectivity index (χ4v) is 1.75. The molecule has 0 saturated heterocycles. The van der Waals surface area contributed by atoms with E-state index in [0.717, 1.165) is 11.3 Å². The third-order valence-corrected chi connectivity index (χ3v) is 2.43. The van der Waals surface area contributed by atoms with Gasteiger partial charge in [-0.1, -0.05) is 30.4 Å². The van der Waals surface area contributed by atoms with E-state index >= 15 is 0 Å². The molecule has 0 N–H and O–H groups in total. The minimum atomic E-state index is -0.465. The molecule has 3 nitrogen and oxygen atoms in total. The normalized spacial score (nSPS) is 14.4. The number of fused-ring (bicyclic) bond motifs is 1. The van der Waals surface area contributed by atoms with Crippen LogP contribution in [0.25, 0.3) is 6.08 Å². The van der Waals surface area contributed by atoms with Crippen LogP contribution in [0.3, 0.4) is 0 Å². The van der Waals surface area contributed by atoms with Crippen LogP contribution in [0.4, 0.5) is 10.5 Å². The molecule has 0 aliphatic carbocycles. The van der Waals surface area contributed by atoms with E-state index in [1.807, 2.05) is 57.2 Å². The Kier molecular flexibility index (Phi) is 2.92. The van der Waals surface area contributed by atoms with Crippen molar-refractivity contribution in [1.82, 2.24) is 0 Å². The van der Waals surface area contributed by atoms with Crippen molar-refractivity contribution in [3.8, 4) is 0 Å². The van der Waals surface area contributed by atoms with Crippen molar-refractivity contribution in [3.05, 3.63) is 35.9 Å². The van der Waals surface area contributed by atoms with Gasteiger partial charge in [-0.05, 0) is 32.4 Å². The average Bonchev–Trinajstić information content (AvgIpc) is 2.26. The van der Waals surface area contributed by atoms with E-state index in [1.54, 1.807) is 4.90 Å². The van der Waals surface area contributed by atoms with Crippen LogP contribution in [0, 0.1) is 0 Å². The smallest absolute Gasteiger partial charge is 0.415 e. The molecule has 1 amide bonds. The first kappa shape index (κ1) is 11.7. The summed E-state index contributed by atoms with van der Waals surface area (Å²) in [5.74, 6) is 0. The third kappa shape index (κ3) is 2.67. The molecule has 0 fully saturated rings. The first-order valence-electron chi connectivity index (χ1n) is 5.73. The van der Waals surface area contributed by atoms with Gasteiger partial charge in [-0.15, -0.1) is 0 Å². The van der Waals surface area contributed by atoms with E-state index in [1.165, 1.54) is 0 Å². The number of anilines is 1. The van der Waals surface area contributed by atoms with Crippen molar-refractivity contribution in [2.24, 2.45) is 0 Å². The van der Waals surface area contributed by atoms with Crippen LogP contribution >= 0.6 is 0 Å². The molecular formula is C14H17NO2. The number of amides is 1. The van der Waals surface area contributed by atoms with Crippen molar-refractivity contribution in [3.63, 3.8) is 0 Å². The molecule has 3 heteroatoms. The number of carbonyl (C=O) groups is 1. The molecule has 1 aromatic carbocycles. The summed E-state index contributed by atoms with van der Waals surface area (Å²) in [7, 11) is 0. The van der Waals surface area contributed by atoms with Crippen molar-refractivity contribution in [2.75, 3.05) is 11.4 Å². The van der Waals surface area contributed by atoms with E-state index in [4.69, 9.17) is 4.74 Å². The van der Waals surface area contributed by atoms with Crippen LogP contribution in [-0.2, 0) is 4.74 Å². The maximum atomic E-state index is 12.0. The SMILES string of the molecule is CC(C)(C)OC(=O)N1CC=Cc2ccccc21. The van der Waals surface area contributed by atoms with Gasteiger partial charge < -0.3 is 4.74 Å². The van der Waals surface area contributed by atoms with Gasteiger partial charge >= 0.3 is 6.09 Å². The zero-order chi connectivity index (χ0) is 12.5. The van der Waals surface area contributed by atoms with Gasteiger partial charge in [-0.2, -0.15) is 0 Å². The van der Waals surface area contributed by atoms with Gasteiger partial charge in [0.05, 0.1) is 5.69 Å². The van der Waals surface area contributed by atoms with Gasteiger partial charge in [0.25, 0.3) is 0 Å². The lowest BCUT2D eigenvalue weighted by Gasteiger charge is -2.29. The molecular weight excluding hydrogens is 214 g/mol. The third-order valence-electron chi connectivity index (χ3n) is 2.43. The molecule has 0 radical (unpaired) electrons. The summed E-state index contributed by atoms with van der Waals surface area (Å²) in [6.07, 6.45) is 3.69. The van der Waals surface area contributed by atoms with Crippen molar-refractivity contribution in [2.45, 2.75) is 26.4 Å². The van der Waals surface area contributed by atoms with Crippen molar-refractivity contribution in [1.29, 1.82) is 0 Å². The molecule has 0 bridgehead atoms. The minimum Gasteiger partial charge on any atom is -0.443 e. The number of rotatable bonds is 0. The Morgan fingerprint density at radius 1 is 1.29 bits per heavy atom. The Labute approximate surface area is 102 Å². The number of nitrogens with zero attached hydrogens (tertiary/aromatic N) is 1. The molecule has 0 atom stereocenters. The van der Waals surface area contributed by atoms with Crippen LogP contribution in [0.2, 0.25) is 0 Å². The van der Waals surface area contributed by atoms with Crippen LogP contribution in [0.1, 0.15) is 26.3 Å². The van der Waals surface area contributed by atoms with Gasteiger partial charge in [0.15, 0.2) is 0 Å². The standard InChI is InChI=1S/C14H17NO2/c1-14(2,3)17-13(16)15-10-6-8-11-7-4-5-9-12(11)15/h4-9H,10H2,1-3H3. The fraction of sp³-hybridized carbons (Fsp3) is 0.357. The summed E-state index contributed by atoms with van der Waals surface area (Å²) in [6, 6.07) is 7.81. The zero-order valence-electron chi connectivity index (χ0n) is 10.4. The molecule has 17 heavy (non-hydrogen) atoms. The molecule has 1 aliphatic heterocycles. The van der Waals surface area contributed by atoms with Gasteiger partial charge in [0.1, 0.15) is 5.60 Å². The van der Waals surface area contributed by atoms with E-state index in [-0.39, 0.29) is 6.09 Å². The quantitative estimate of drug-likeness (QED) is 0.684. The summed E-state index contributed by atoms with van der Waals surface area (Å²) >= 11 is 0. The maximum Gasteiger partial charge on any atom is 0.415 e. The highest BCUT2D eigenvalue weighted by atomic mass is 16.6. The monoisotopic (exact) mass is 231 g/mol. The predicted molar refractivity (Wildman–Crippen MR) is 69.1 cm³/mol. The summed E-state index contributed by atoms with van der Waals surface area (Å²) in [5.41, 5.74) is 1.49. The first-order chi connectivity index (χ1) is 7.97. The molecule has 2 rings (SSSR count). The first-order valence-corrected chi connectivity index (χ1v) is 5.73. The molecule has 0 aromatic heterocycles. The number of hydrogen-bond donors (Lipinski definition) is 0. The predicted octanol–water partition coefficient (Wildman–Crippen LogP) is 3.45. The average molecular weight is 231 g/mol. The van der Waals surface area contributed by atoms with E-state index in [0.29, 0.717) is 6.54 Å². The lowest BCUT2D eigenvalue weighted by Crippen LogP contribution is -2.38. The molecule has 1 aromatic rings. The molecule has 0 unspecified atom stereocenters. The second-order valence-electron chi connectivity index (χ2n) is 5.05. The number of benzene rings is 1. The van der Waals surface area contributed by atoms with E-state index in [2.05, 4.69) is 0 Å². The number of ether oxygens (including phenoxy) is 1. The van der Waals surface area contributed by atoms with Gasteiger partial charge in [-0.25, -0.2) is 4.79 Å². The second kappa shape index (κ2) is 4.24. The van der Waals surface area contributed by atoms with Crippen LogP contribution < -0.4 is 4.90 Å². The zero-order valence-corrected chi connectivity index (χ0v) is 10.4. The summed E-state index contributed by atoms with van der Waals surface area (Å²) in [4.78, 5) is 13.7. The van der Waals surface area contributed by atoms with E-state index in [9.17, 15) is 4.79 Å². The van der Waals surface area contributed by atoms with Gasteiger partial charge in [0.2, 0.25) is 0 Å². The fourth-order valence-electron chi connectivity index (χ4n) is 1.75. The second-order valence-corrected chi connectivity index (χ2v) is 5.05. The Hall–Kier alpha value is -1.77. The van der Waals surface area contributed by atoms with E-state index < -0.39 is 5.60 Å². The lowest BCUT2D eigenvalue weighted by atomic mass is 10.1. The number of carbonyl (C=O) groups excluding carboxylic acids is 1. The molecule has 1 aliphatic rings. The largest absolute Gasteiger partial charge is 0.443 e. The van der Waals surface area contributed by atoms with Crippen LogP contribution in [-0.4, -0.2) is 18.2 Å². The van der Waals surface area contributed by atoms with Crippen molar-refractivity contribution >= 4 is 17.9 Å². The highest BCUT2D eigenvalue weighted by molar-refractivity contribution is 5.92.